The number of carboxylic acids is 1. The van der Waals surface area contributed by atoms with Crippen LogP contribution in [0.2, 0.25) is 0 Å². The SMILES string of the molecule is CCCc1noc(CCCC(=O)Nc2cc(C(=O)O)cc(S(C)(=O)=O)c2)n1. The largest absolute Gasteiger partial charge is 0.478 e. The third-order valence-electron chi connectivity index (χ3n) is 3.64. The van der Waals surface area contributed by atoms with E-state index in [9.17, 15) is 18.0 Å². The summed E-state index contributed by atoms with van der Waals surface area (Å²) in [6, 6.07) is 3.50. The summed E-state index contributed by atoms with van der Waals surface area (Å²) in [5, 5.41) is 15.5. The number of nitrogens with zero attached hydrogens (tertiary/aromatic N) is 2. The lowest BCUT2D eigenvalue weighted by molar-refractivity contribution is -0.116. The highest BCUT2D eigenvalue weighted by Gasteiger charge is 2.15. The summed E-state index contributed by atoms with van der Waals surface area (Å²) < 4.78 is 28.5. The summed E-state index contributed by atoms with van der Waals surface area (Å²) in [4.78, 5) is 27.3. The molecule has 0 bridgehead atoms. The molecule has 0 unspecified atom stereocenters. The zero-order chi connectivity index (χ0) is 20.0. The van der Waals surface area contributed by atoms with Gasteiger partial charge in [-0.1, -0.05) is 12.1 Å². The molecule has 1 aromatic carbocycles. The smallest absolute Gasteiger partial charge is 0.335 e. The van der Waals surface area contributed by atoms with Crippen LogP contribution < -0.4 is 5.32 Å². The van der Waals surface area contributed by atoms with Crippen molar-refractivity contribution in [1.82, 2.24) is 10.1 Å². The molecule has 10 heteroatoms. The molecule has 0 saturated heterocycles. The fraction of sp³-hybridized carbons (Fsp3) is 0.412. The number of hydrogen-bond donors (Lipinski definition) is 2. The first kappa shape index (κ1) is 20.6. The van der Waals surface area contributed by atoms with Gasteiger partial charge < -0.3 is 14.9 Å². The molecule has 0 aliphatic heterocycles. The van der Waals surface area contributed by atoms with E-state index in [0.29, 0.717) is 24.6 Å². The second kappa shape index (κ2) is 8.76. The van der Waals surface area contributed by atoms with Crippen LogP contribution in [0, 0.1) is 0 Å². The number of carboxylic acid groups (broad SMARTS) is 1. The van der Waals surface area contributed by atoms with E-state index >= 15 is 0 Å². The number of carbonyl (C=O) groups is 2. The van der Waals surface area contributed by atoms with Crippen LogP contribution in [0.25, 0.3) is 0 Å². The number of benzene rings is 1. The molecule has 27 heavy (non-hydrogen) atoms. The van der Waals surface area contributed by atoms with Crippen molar-refractivity contribution in [3.63, 3.8) is 0 Å². The van der Waals surface area contributed by atoms with Crippen LogP contribution in [0.1, 0.15) is 48.3 Å². The minimum absolute atomic E-state index is 0.114. The average molecular weight is 395 g/mol. The summed E-state index contributed by atoms with van der Waals surface area (Å²) in [7, 11) is -3.61. The van der Waals surface area contributed by atoms with Crippen molar-refractivity contribution in [2.45, 2.75) is 43.9 Å². The van der Waals surface area contributed by atoms with E-state index in [1.807, 2.05) is 6.92 Å². The van der Waals surface area contributed by atoms with Gasteiger partial charge in [0.25, 0.3) is 0 Å². The van der Waals surface area contributed by atoms with E-state index in [1.54, 1.807) is 0 Å². The molecular formula is C17H21N3O6S. The van der Waals surface area contributed by atoms with Crippen LogP contribution in [0.3, 0.4) is 0 Å². The number of amides is 1. The molecule has 146 valence electrons. The third-order valence-corrected chi connectivity index (χ3v) is 4.74. The zero-order valence-corrected chi connectivity index (χ0v) is 15.9. The Morgan fingerprint density at radius 2 is 1.96 bits per heavy atom. The highest BCUT2D eigenvalue weighted by atomic mass is 32.2. The molecule has 0 radical (unpaired) electrons. The van der Waals surface area contributed by atoms with Crippen molar-refractivity contribution in [1.29, 1.82) is 0 Å². The van der Waals surface area contributed by atoms with E-state index < -0.39 is 15.8 Å². The van der Waals surface area contributed by atoms with Crippen LogP contribution in [-0.2, 0) is 27.5 Å². The standard InChI is InChI=1S/C17H21N3O6S/c1-3-5-14-19-16(26-20-14)7-4-6-15(21)18-12-8-11(17(22)23)9-13(10-12)27(2,24)25/h8-10H,3-7H2,1-2H3,(H,18,21)(H,22,23). The lowest BCUT2D eigenvalue weighted by atomic mass is 10.2. The summed E-state index contributed by atoms with van der Waals surface area (Å²) in [5.41, 5.74) is -0.106. The molecule has 1 aromatic heterocycles. The molecule has 0 spiro atoms. The molecule has 1 amide bonds. The maximum atomic E-state index is 12.1. The Morgan fingerprint density at radius 1 is 1.22 bits per heavy atom. The molecule has 1 heterocycles. The van der Waals surface area contributed by atoms with E-state index in [1.165, 1.54) is 12.1 Å². The van der Waals surface area contributed by atoms with Crippen LogP contribution in [0.4, 0.5) is 5.69 Å². The number of nitrogens with one attached hydrogen (secondary N) is 1. The van der Waals surface area contributed by atoms with Crippen LogP contribution in [0.5, 0.6) is 0 Å². The second-order valence-electron chi connectivity index (χ2n) is 6.08. The third kappa shape index (κ3) is 6.17. The predicted octanol–water partition coefficient (Wildman–Crippen LogP) is 2.09. The minimum Gasteiger partial charge on any atom is -0.478 e. The first-order valence-corrected chi connectivity index (χ1v) is 10.3. The molecule has 0 atom stereocenters. The maximum Gasteiger partial charge on any atom is 0.335 e. The Balaban J connectivity index is 1.98. The van der Waals surface area contributed by atoms with E-state index in [0.717, 1.165) is 25.2 Å². The number of sulfone groups is 1. The molecule has 0 aliphatic rings. The molecule has 9 nitrogen and oxygen atoms in total. The molecule has 2 rings (SSSR count). The van der Waals surface area contributed by atoms with Gasteiger partial charge in [-0.2, -0.15) is 4.98 Å². The van der Waals surface area contributed by atoms with Gasteiger partial charge in [0.1, 0.15) is 0 Å². The summed E-state index contributed by atoms with van der Waals surface area (Å²) in [5.74, 6) is -0.560. The second-order valence-corrected chi connectivity index (χ2v) is 8.10. The number of aromatic carboxylic acids is 1. The van der Waals surface area contributed by atoms with Crippen LogP contribution >= 0.6 is 0 Å². The number of rotatable bonds is 9. The Kier molecular flexibility index (Phi) is 6.67. The number of carbonyl (C=O) groups excluding carboxylic acids is 1. The summed E-state index contributed by atoms with van der Waals surface area (Å²) >= 11 is 0. The fourth-order valence-corrected chi connectivity index (χ4v) is 3.03. The van der Waals surface area contributed by atoms with Crippen LogP contribution in [0.15, 0.2) is 27.6 Å². The van der Waals surface area contributed by atoms with Crippen molar-refractivity contribution in [3.8, 4) is 0 Å². The highest BCUT2D eigenvalue weighted by Crippen LogP contribution is 2.20. The summed E-state index contributed by atoms with van der Waals surface area (Å²) in [6.45, 7) is 2.01. The number of aromatic nitrogens is 2. The van der Waals surface area contributed by atoms with Gasteiger partial charge in [-0.15, -0.1) is 0 Å². The first-order valence-electron chi connectivity index (χ1n) is 8.38. The van der Waals surface area contributed by atoms with E-state index in [2.05, 4.69) is 15.5 Å². The van der Waals surface area contributed by atoms with Gasteiger partial charge in [0.05, 0.1) is 10.5 Å². The Hall–Kier alpha value is -2.75. The first-order chi connectivity index (χ1) is 12.7. The van der Waals surface area contributed by atoms with Gasteiger partial charge in [0.15, 0.2) is 15.7 Å². The maximum absolute atomic E-state index is 12.1. The quantitative estimate of drug-likeness (QED) is 0.658. The molecule has 0 aliphatic carbocycles. The normalized spacial score (nSPS) is 11.3. The molecule has 2 aromatic rings. The summed E-state index contributed by atoms with van der Waals surface area (Å²) in [6.07, 6.45) is 3.64. The fourth-order valence-electron chi connectivity index (χ4n) is 2.35. The lowest BCUT2D eigenvalue weighted by Crippen LogP contribution is -2.13. The molecule has 0 saturated carbocycles. The van der Waals surface area contributed by atoms with Gasteiger partial charge in [-0.3, -0.25) is 4.79 Å². The Labute approximate surface area is 156 Å². The zero-order valence-electron chi connectivity index (χ0n) is 15.1. The number of anilines is 1. The van der Waals surface area contributed by atoms with E-state index in [-0.39, 0.29) is 28.5 Å². The van der Waals surface area contributed by atoms with Gasteiger partial charge in [-0.05, 0) is 31.0 Å². The van der Waals surface area contributed by atoms with Crippen molar-refractivity contribution in [2.75, 3.05) is 11.6 Å². The predicted molar refractivity (Wildman–Crippen MR) is 96.4 cm³/mol. The van der Waals surface area contributed by atoms with Gasteiger partial charge in [0.2, 0.25) is 11.8 Å². The van der Waals surface area contributed by atoms with Crippen molar-refractivity contribution < 1.29 is 27.6 Å². The number of hydrogen-bond acceptors (Lipinski definition) is 7. The van der Waals surface area contributed by atoms with Gasteiger partial charge in [0, 0.05) is 31.2 Å². The minimum atomic E-state index is -3.61. The molecule has 0 fully saturated rings. The Morgan fingerprint density at radius 3 is 2.59 bits per heavy atom. The highest BCUT2D eigenvalue weighted by molar-refractivity contribution is 7.90. The molecular weight excluding hydrogens is 374 g/mol. The topological polar surface area (TPSA) is 139 Å². The van der Waals surface area contributed by atoms with Crippen molar-refractivity contribution >= 4 is 27.4 Å². The van der Waals surface area contributed by atoms with Gasteiger partial charge in [-0.25, -0.2) is 13.2 Å². The number of aryl methyl sites for hydroxylation is 2. The van der Waals surface area contributed by atoms with Gasteiger partial charge >= 0.3 is 5.97 Å². The van der Waals surface area contributed by atoms with Crippen molar-refractivity contribution in [3.05, 3.63) is 35.5 Å². The molecule has 2 N–H and O–H groups in total. The van der Waals surface area contributed by atoms with Crippen LogP contribution in [-0.4, -0.2) is 41.8 Å². The monoisotopic (exact) mass is 395 g/mol. The lowest BCUT2D eigenvalue weighted by Gasteiger charge is -2.08. The van der Waals surface area contributed by atoms with E-state index in [4.69, 9.17) is 9.63 Å². The Bertz CT molecular complexity index is 936. The van der Waals surface area contributed by atoms with Crippen molar-refractivity contribution in [2.24, 2.45) is 0 Å². The average Bonchev–Trinajstić information content (AvgIpc) is 3.01.